The number of amides is 1. The predicted molar refractivity (Wildman–Crippen MR) is 112 cm³/mol. The summed E-state index contributed by atoms with van der Waals surface area (Å²) in [6.45, 7) is 4.39. The van der Waals surface area contributed by atoms with Gasteiger partial charge in [-0.15, -0.1) is 0 Å². The Bertz CT molecular complexity index is 759. The molecule has 2 aliphatic heterocycles. The van der Waals surface area contributed by atoms with Crippen molar-refractivity contribution in [2.24, 2.45) is 5.92 Å². The molecule has 2 fully saturated rings. The smallest absolute Gasteiger partial charge is 0.243 e. The topological polar surface area (TPSA) is 79.0 Å². The number of ether oxygens (including phenoxy) is 1. The van der Waals surface area contributed by atoms with E-state index in [0.717, 1.165) is 26.1 Å². The van der Waals surface area contributed by atoms with E-state index in [4.69, 9.17) is 4.74 Å². The number of carbonyl (C=O) groups excluding carboxylic acids is 1. The quantitative estimate of drug-likeness (QED) is 0.727. The summed E-state index contributed by atoms with van der Waals surface area (Å²) in [5.41, 5.74) is 0. The van der Waals surface area contributed by atoms with Gasteiger partial charge in [0, 0.05) is 26.2 Å². The van der Waals surface area contributed by atoms with Gasteiger partial charge >= 0.3 is 0 Å². The van der Waals surface area contributed by atoms with Crippen LogP contribution < -0.4 is 10.1 Å². The van der Waals surface area contributed by atoms with E-state index in [9.17, 15) is 13.2 Å². The monoisotopic (exact) mass is 423 g/mol. The molecule has 0 radical (unpaired) electrons. The maximum absolute atomic E-state index is 13.0. The molecule has 162 valence electrons. The van der Waals surface area contributed by atoms with Gasteiger partial charge in [0.2, 0.25) is 15.9 Å². The normalized spacial score (nSPS) is 22.0. The second kappa shape index (κ2) is 10.4. The molecular weight excluding hydrogens is 390 g/mol. The highest BCUT2D eigenvalue weighted by molar-refractivity contribution is 7.89. The molecule has 1 amide bonds. The lowest BCUT2D eigenvalue weighted by Crippen LogP contribution is -2.46. The zero-order chi connectivity index (χ0) is 20.7. The molecule has 29 heavy (non-hydrogen) atoms. The molecule has 3 rings (SSSR count). The van der Waals surface area contributed by atoms with Crippen LogP contribution in [0.3, 0.4) is 0 Å². The Hall–Kier alpha value is -1.64. The number of piperidine rings is 1. The van der Waals surface area contributed by atoms with E-state index in [-0.39, 0.29) is 23.3 Å². The van der Waals surface area contributed by atoms with Crippen LogP contribution >= 0.6 is 0 Å². The van der Waals surface area contributed by atoms with Crippen LogP contribution in [0.4, 0.5) is 0 Å². The number of hydrogen-bond donors (Lipinski definition) is 1. The Labute approximate surface area is 174 Å². The fraction of sp³-hybridized carbons (Fsp3) is 0.667. The second-order valence-electron chi connectivity index (χ2n) is 7.92. The number of hydrogen-bond acceptors (Lipinski definition) is 5. The van der Waals surface area contributed by atoms with Gasteiger partial charge in [-0.25, -0.2) is 8.42 Å². The molecule has 0 aromatic heterocycles. The summed E-state index contributed by atoms with van der Waals surface area (Å²) in [5.74, 6) is 0.291. The highest BCUT2D eigenvalue weighted by Gasteiger charge is 2.33. The summed E-state index contributed by atoms with van der Waals surface area (Å²) >= 11 is 0. The van der Waals surface area contributed by atoms with Crippen LogP contribution in [0, 0.1) is 5.92 Å². The van der Waals surface area contributed by atoms with Crippen molar-refractivity contribution in [1.82, 2.24) is 14.5 Å². The summed E-state index contributed by atoms with van der Waals surface area (Å²) in [6.07, 6.45) is 6.47. The number of rotatable bonds is 7. The number of likely N-dealkylation sites (tertiary alicyclic amines) is 1. The molecular formula is C21H33N3O4S. The molecule has 1 N–H and O–H groups in total. The molecule has 1 aromatic carbocycles. The van der Waals surface area contributed by atoms with Gasteiger partial charge in [0.05, 0.1) is 17.9 Å². The largest absolute Gasteiger partial charge is 0.497 e. The highest BCUT2D eigenvalue weighted by atomic mass is 32.2. The van der Waals surface area contributed by atoms with Gasteiger partial charge in [-0.05, 0) is 63.0 Å². The van der Waals surface area contributed by atoms with E-state index in [2.05, 4.69) is 10.2 Å². The summed E-state index contributed by atoms with van der Waals surface area (Å²) in [5, 5.41) is 3.03. The molecule has 0 spiro atoms. The molecule has 2 heterocycles. The Kier molecular flexibility index (Phi) is 7.91. The van der Waals surface area contributed by atoms with E-state index in [1.54, 1.807) is 31.4 Å². The average molecular weight is 424 g/mol. The summed E-state index contributed by atoms with van der Waals surface area (Å²) in [4.78, 5) is 15.3. The van der Waals surface area contributed by atoms with Crippen LogP contribution in [-0.2, 0) is 14.8 Å². The molecule has 0 saturated carbocycles. The first-order chi connectivity index (χ1) is 14.0. The van der Waals surface area contributed by atoms with Gasteiger partial charge in [-0.1, -0.05) is 12.8 Å². The molecule has 2 aliphatic rings. The van der Waals surface area contributed by atoms with E-state index < -0.39 is 10.0 Å². The van der Waals surface area contributed by atoms with Gasteiger partial charge in [0.15, 0.2) is 0 Å². The Morgan fingerprint density at radius 1 is 1.07 bits per heavy atom. The predicted octanol–water partition coefficient (Wildman–Crippen LogP) is 2.09. The maximum atomic E-state index is 13.0. The summed E-state index contributed by atoms with van der Waals surface area (Å²) in [7, 11) is -2.06. The van der Waals surface area contributed by atoms with Crippen molar-refractivity contribution >= 4 is 15.9 Å². The van der Waals surface area contributed by atoms with E-state index in [0.29, 0.717) is 25.3 Å². The first kappa shape index (κ1) is 22.1. The molecule has 7 nitrogen and oxygen atoms in total. The molecule has 8 heteroatoms. The van der Waals surface area contributed by atoms with Crippen molar-refractivity contribution in [1.29, 1.82) is 0 Å². The standard InChI is InChI=1S/C21H33N3O4S/c1-28-19-8-10-20(11-9-19)29(26,27)24-15-6-7-18(17-24)21(25)22-12-16-23-13-4-2-3-5-14-23/h8-11,18H,2-7,12-17H2,1H3,(H,22,25)/t18-/m0/s1. The fourth-order valence-corrected chi connectivity index (χ4v) is 5.64. The lowest BCUT2D eigenvalue weighted by Gasteiger charge is -2.31. The summed E-state index contributed by atoms with van der Waals surface area (Å²) in [6, 6.07) is 6.39. The number of nitrogens with zero attached hydrogens (tertiary/aromatic N) is 2. The van der Waals surface area contributed by atoms with Crippen molar-refractivity contribution in [3.8, 4) is 5.75 Å². The first-order valence-electron chi connectivity index (χ1n) is 10.6. The molecule has 0 aliphatic carbocycles. The SMILES string of the molecule is COc1ccc(S(=O)(=O)N2CCC[C@H](C(=O)NCCN3CCCCCC3)C2)cc1. The molecule has 1 aromatic rings. The van der Waals surface area contributed by atoms with Crippen LogP contribution in [0.15, 0.2) is 29.2 Å². The number of sulfonamides is 1. The van der Waals surface area contributed by atoms with Crippen molar-refractivity contribution in [2.45, 2.75) is 43.4 Å². The van der Waals surface area contributed by atoms with Crippen molar-refractivity contribution in [2.75, 3.05) is 46.4 Å². The van der Waals surface area contributed by atoms with Gasteiger partial charge in [0.25, 0.3) is 0 Å². The highest BCUT2D eigenvalue weighted by Crippen LogP contribution is 2.25. The van der Waals surface area contributed by atoms with E-state index >= 15 is 0 Å². The Morgan fingerprint density at radius 2 is 1.76 bits per heavy atom. The van der Waals surface area contributed by atoms with Gasteiger partial charge in [-0.3, -0.25) is 4.79 Å². The number of methoxy groups -OCH3 is 1. The third-order valence-corrected chi connectivity index (χ3v) is 7.76. The number of nitrogens with one attached hydrogen (secondary N) is 1. The zero-order valence-corrected chi connectivity index (χ0v) is 18.1. The zero-order valence-electron chi connectivity index (χ0n) is 17.3. The lowest BCUT2D eigenvalue weighted by atomic mass is 9.99. The Morgan fingerprint density at radius 3 is 2.41 bits per heavy atom. The van der Waals surface area contributed by atoms with Crippen LogP contribution in [0.5, 0.6) is 5.75 Å². The Balaban J connectivity index is 1.52. The fourth-order valence-electron chi connectivity index (χ4n) is 4.11. The van der Waals surface area contributed by atoms with Gasteiger partial charge in [-0.2, -0.15) is 4.31 Å². The third-order valence-electron chi connectivity index (χ3n) is 5.88. The van der Waals surface area contributed by atoms with Crippen molar-refractivity contribution < 1.29 is 17.9 Å². The molecule has 1 atom stereocenters. The van der Waals surface area contributed by atoms with Crippen molar-refractivity contribution in [3.63, 3.8) is 0 Å². The number of benzene rings is 1. The molecule has 0 bridgehead atoms. The second-order valence-corrected chi connectivity index (χ2v) is 9.86. The van der Waals surface area contributed by atoms with Gasteiger partial charge < -0.3 is 15.0 Å². The van der Waals surface area contributed by atoms with Crippen LogP contribution in [0.25, 0.3) is 0 Å². The van der Waals surface area contributed by atoms with E-state index in [1.807, 2.05) is 0 Å². The third kappa shape index (κ3) is 5.93. The lowest BCUT2D eigenvalue weighted by molar-refractivity contribution is -0.126. The summed E-state index contributed by atoms with van der Waals surface area (Å²) < 4.78 is 32.5. The minimum Gasteiger partial charge on any atom is -0.497 e. The average Bonchev–Trinajstić information content (AvgIpc) is 3.02. The minimum absolute atomic E-state index is 0.0329. The van der Waals surface area contributed by atoms with Crippen LogP contribution in [0.2, 0.25) is 0 Å². The number of carbonyl (C=O) groups is 1. The van der Waals surface area contributed by atoms with Crippen LogP contribution in [-0.4, -0.2) is 69.9 Å². The van der Waals surface area contributed by atoms with E-state index in [1.165, 1.54) is 30.0 Å². The van der Waals surface area contributed by atoms with Gasteiger partial charge in [0.1, 0.15) is 5.75 Å². The minimum atomic E-state index is -3.61. The molecule has 0 unspecified atom stereocenters. The van der Waals surface area contributed by atoms with Crippen LogP contribution in [0.1, 0.15) is 38.5 Å². The maximum Gasteiger partial charge on any atom is 0.243 e. The van der Waals surface area contributed by atoms with Crippen molar-refractivity contribution in [3.05, 3.63) is 24.3 Å². The molecule has 2 saturated heterocycles. The first-order valence-corrected chi connectivity index (χ1v) is 12.1.